The van der Waals surface area contributed by atoms with Gasteiger partial charge in [0.1, 0.15) is 5.75 Å². The lowest BCUT2D eigenvalue weighted by atomic mass is 10.1. The van der Waals surface area contributed by atoms with Crippen LogP contribution < -0.4 is 10.5 Å². The smallest absolute Gasteiger partial charge is 0.336 e. The van der Waals surface area contributed by atoms with Crippen molar-refractivity contribution in [2.45, 2.75) is 0 Å². The highest BCUT2D eigenvalue weighted by molar-refractivity contribution is 5.97. The maximum atomic E-state index is 10.7. The molecule has 0 saturated carbocycles. The summed E-state index contributed by atoms with van der Waals surface area (Å²) in [6.45, 7) is 0. The second kappa shape index (κ2) is 6.58. The molecule has 1 aromatic rings. The predicted octanol–water partition coefficient (Wildman–Crippen LogP) is 2.23. The Balaban J connectivity index is 0.000000160. The molecule has 0 saturated heterocycles. The number of carbonyl (C=O) groups is 2. The third-order valence-electron chi connectivity index (χ3n) is 3.17. The molecule has 1 aromatic carbocycles. The Kier molecular flexibility index (Phi) is 4.58. The van der Waals surface area contributed by atoms with Crippen LogP contribution in [-0.2, 0) is 4.79 Å². The summed E-state index contributed by atoms with van der Waals surface area (Å²) >= 11 is 0. The molecule has 2 aliphatic rings. The van der Waals surface area contributed by atoms with Crippen LogP contribution in [0.5, 0.6) is 5.75 Å². The number of benzene rings is 1. The second-order valence-corrected chi connectivity index (χ2v) is 4.51. The van der Waals surface area contributed by atoms with Crippen LogP contribution in [0.1, 0.15) is 10.4 Å². The van der Waals surface area contributed by atoms with Crippen molar-refractivity contribution < 1.29 is 19.4 Å². The maximum Gasteiger partial charge on any atom is 0.336 e. The van der Waals surface area contributed by atoms with Crippen LogP contribution in [0.15, 0.2) is 71.4 Å². The van der Waals surface area contributed by atoms with E-state index in [2.05, 4.69) is 0 Å². The number of aliphatic carboxylic acids is 1. The van der Waals surface area contributed by atoms with Crippen LogP contribution in [0.25, 0.3) is 0 Å². The molecule has 5 nitrogen and oxygen atoms in total. The molecule has 0 aliphatic heterocycles. The number of amides is 1. The summed E-state index contributed by atoms with van der Waals surface area (Å²) in [7, 11) is 1.50. The van der Waals surface area contributed by atoms with Gasteiger partial charge in [-0.3, -0.25) is 4.79 Å². The number of allylic oxidation sites excluding steroid dienone is 6. The van der Waals surface area contributed by atoms with Gasteiger partial charge in [-0.05, 0) is 29.4 Å². The maximum absolute atomic E-state index is 10.7. The molecule has 5 heteroatoms. The lowest BCUT2D eigenvalue weighted by molar-refractivity contribution is -0.132. The van der Waals surface area contributed by atoms with Gasteiger partial charge >= 0.3 is 5.97 Å². The summed E-state index contributed by atoms with van der Waals surface area (Å²) < 4.78 is 4.91. The van der Waals surface area contributed by atoms with E-state index in [9.17, 15) is 9.59 Å². The Morgan fingerprint density at radius 1 is 1.14 bits per heavy atom. The molecule has 112 valence electrons. The Morgan fingerprint density at radius 2 is 1.86 bits per heavy atom. The first-order chi connectivity index (χ1) is 10.5. The van der Waals surface area contributed by atoms with Gasteiger partial charge in [0.05, 0.1) is 18.2 Å². The van der Waals surface area contributed by atoms with Gasteiger partial charge in [0.2, 0.25) is 0 Å². The van der Waals surface area contributed by atoms with Gasteiger partial charge < -0.3 is 15.6 Å². The molecular formula is C17H15NO4. The van der Waals surface area contributed by atoms with Gasteiger partial charge in [0.15, 0.2) is 0 Å². The molecule has 0 heterocycles. The fourth-order valence-electron chi connectivity index (χ4n) is 2.12. The Morgan fingerprint density at radius 3 is 2.45 bits per heavy atom. The van der Waals surface area contributed by atoms with Gasteiger partial charge in [-0.2, -0.15) is 0 Å². The number of primary amides is 1. The first-order valence-electron chi connectivity index (χ1n) is 6.51. The van der Waals surface area contributed by atoms with Gasteiger partial charge in [-0.25, -0.2) is 4.79 Å². The van der Waals surface area contributed by atoms with E-state index in [-0.39, 0.29) is 0 Å². The van der Waals surface area contributed by atoms with Gasteiger partial charge in [-0.1, -0.05) is 36.4 Å². The number of para-hydroxylation sites is 1. The average molecular weight is 297 g/mol. The topological polar surface area (TPSA) is 89.6 Å². The van der Waals surface area contributed by atoms with Gasteiger partial charge in [0.25, 0.3) is 5.91 Å². The molecule has 0 aromatic heterocycles. The number of nitrogens with two attached hydrogens (primary N) is 1. The molecule has 0 atom stereocenters. The molecule has 0 spiro atoms. The normalized spacial score (nSPS) is 14.1. The number of hydrogen-bond donors (Lipinski definition) is 2. The van der Waals surface area contributed by atoms with Crippen molar-refractivity contribution in [1.29, 1.82) is 0 Å². The zero-order chi connectivity index (χ0) is 16.1. The third-order valence-corrected chi connectivity index (χ3v) is 3.17. The van der Waals surface area contributed by atoms with Crippen LogP contribution in [0, 0.1) is 0 Å². The number of carbonyl (C=O) groups excluding carboxylic acids is 1. The number of carboxylic acid groups (broad SMARTS) is 1. The molecule has 0 bridgehead atoms. The van der Waals surface area contributed by atoms with Crippen LogP contribution in [0.4, 0.5) is 0 Å². The number of methoxy groups -OCH3 is 1. The number of carboxylic acids is 1. The summed E-state index contributed by atoms with van der Waals surface area (Å²) in [5, 5.41) is 8.69. The predicted molar refractivity (Wildman–Crippen MR) is 82.5 cm³/mol. The van der Waals surface area contributed by atoms with Crippen molar-refractivity contribution in [1.82, 2.24) is 0 Å². The molecule has 1 amide bonds. The SMILES string of the molecule is COc1ccccc1C(N)=O.O=C(O)C1=CC=C2C=CC=C21. The summed E-state index contributed by atoms with van der Waals surface area (Å²) in [5.74, 6) is -0.811. The summed E-state index contributed by atoms with van der Waals surface area (Å²) in [6.07, 6.45) is 9.03. The van der Waals surface area contributed by atoms with E-state index in [0.717, 1.165) is 11.1 Å². The second-order valence-electron chi connectivity index (χ2n) is 4.51. The Hall–Kier alpha value is -3.08. The first kappa shape index (κ1) is 15.3. The first-order valence-corrected chi connectivity index (χ1v) is 6.51. The molecule has 0 radical (unpaired) electrons. The molecule has 3 rings (SSSR count). The van der Waals surface area contributed by atoms with E-state index >= 15 is 0 Å². The van der Waals surface area contributed by atoms with E-state index in [0.29, 0.717) is 16.9 Å². The third kappa shape index (κ3) is 3.15. The molecule has 22 heavy (non-hydrogen) atoms. The monoisotopic (exact) mass is 297 g/mol. The standard InChI is InChI=1S/C9H6O2.C8H9NO2/c10-9(11)8-5-4-6-2-1-3-7(6)8;1-11-7-5-3-2-4-6(7)8(9)10/h1-5H,(H,10,11);2-5H,1H3,(H2,9,10). The number of fused-ring (bicyclic) bond motifs is 1. The van der Waals surface area contributed by atoms with Crippen LogP contribution in [-0.4, -0.2) is 24.1 Å². The summed E-state index contributed by atoms with van der Waals surface area (Å²) in [5.41, 5.74) is 7.71. The van der Waals surface area contributed by atoms with Crippen molar-refractivity contribution in [3.8, 4) is 5.75 Å². The zero-order valence-electron chi connectivity index (χ0n) is 11.9. The largest absolute Gasteiger partial charge is 0.496 e. The molecular weight excluding hydrogens is 282 g/mol. The van der Waals surface area contributed by atoms with E-state index in [4.69, 9.17) is 15.6 Å². The fraction of sp³-hybridized carbons (Fsp3) is 0.0588. The minimum Gasteiger partial charge on any atom is -0.496 e. The molecule has 2 aliphatic carbocycles. The zero-order valence-corrected chi connectivity index (χ0v) is 11.9. The highest BCUT2D eigenvalue weighted by Crippen LogP contribution is 2.30. The van der Waals surface area contributed by atoms with E-state index in [1.807, 2.05) is 24.3 Å². The van der Waals surface area contributed by atoms with Crippen LogP contribution in [0.3, 0.4) is 0 Å². The van der Waals surface area contributed by atoms with E-state index < -0.39 is 11.9 Å². The van der Waals surface area contributed by atoms with Crippen molar-refractivity contribution >= 4 is 11.9 Å². The minimum atomic E-state index is -0.855. The van der Waals surface area contributed by atoms with Gasteiger partial charge in [-0.15, -0.1) is 0 Å². The summed E-state index contributed by atoms with van der Waals surface area (Å²) in [6, 6.07) is 6.84. The van der Waals surface area contributed by atoms with Crippen LogP contribution >= 0.6 is 0 Å². The summed E-state index contributed by atoms with van der Waals surface area (Å²) in [4.78, 5) is 21.3. The lowest BCUT2D eigenvalue weighted by Gasteiger charge is -2.02. The number of hydrogen-bond acceptors (Lipinski definition) is 3. The lowest BCUT2D eigenvalue weighted by Crippen LogP contribution is -2.11. The van der Waals surface area contributed by atoms with Crippen molar-refractivity contribution in [2.24, 2.45) is 5.73 Å². The fourth-order valence-corrected chi connectivity index (χ4v) is 2.12. The highest BCUT2D eigenvalue weighted by Gasteiger charge is 2.20. The number of ether oxygens (including phenoxy) is 1. The van der Waals surface area contributed by atoms with E-state index in [1.165, 1.54) is 7.11 Å². The van der Waals surface area contributed by atoms with E-state index in [1.54, 1.807) is 30.3 Å². The Labute approximate surface area is 127 Å². The Bertz CT molecular complexity index is 739. The minimum absolute atomic E-state index is 0.394. The van der Waals surface area contributed by atoms with Gasteiger partial charge in [0, 0.05) is 0 Å². The molecule has 3 N–H and O–H groups in total. The quantitative estimate of drug-likeness (QED) is 0.895. The number of rotatable bonds is 3. The average Bonchev–Trinajstić information content (AvgIpc) is 3.10. The molecule has 0 fully saturated rings. The van der Waals surface area contributed by atoms with Crippen molar-refractivity contribution in [3.63, 3.8) is 0 Å². The molecule has 0 unspecified atom stereocenters. The van der Waals surface area contributed by atoms with Crippen molar-refractivity contribution in [2.75, 3.05) is 7.11 Å². The van der Waals surface area contributed by atoms with Crippen LogP contribution in [0.2, 0.25) is 0 Å². The highest BCUT2D eigenvalue weighted by atomic mass is 16.5. The van der Waals surface area contributed by atoms with Crippen molar-refractivity contribution in [3.05, 3.63) is 76.9 Å².